The van der Waals surface area contributed by atoms with Crippen molar-refractivity contribution in [3.05, 3.63) is 36.4 Å². The van der Waals surface area contributed by atoms with E-state index in [1.807, 2.05) is 18.2 Å². The summed E-state index contributed by atoms with van der Waals surface area (Å²) in [6, 6.07) is 5.56. The first kappa shape index (κ1) is 11.4. The largest absolute Gasteiger partial charge is 0.467 e. The van der Waals surface area contributed by atoms with Gasteiger partial charge in [0.1, 0.15) is 18.1 Å². The van der Waals surface area contributed by atoms with Gasteiger partial charge in [-0.1, -0.05) is 0 Å². The van der Waals surface area contributed by atoms with Gasteiger partial charge in [-0.25, -0.2) is 4.68 Å². The van der Waals surface area contributed by atoms with E-state index in [0.29, 0.717) is 19.5 Å². The summed E-state index contributed by atoms with van der Waals surface area (Å²) in [6.45, 7) is 1.15. The lowest BCUT2D eigenvalue weighted by Crippen LogP contribution is -2.27. The fourth-order valence-electron chi connectivity index (χ4n) is 2.14. The minimum absolute atomic E-state index is 0.0937. The van der Waals surface area contributed by atoms with Crippen LogP contribution in [0.3, 0.4) is 0 Å². The lowest BCUT2D eigenvalue weighted by atomic mass is 10.4. The Kier molecular flexibility index (Phi) is 2.87. The third-order valence-electron chi connectivity index (χ3n) is 2.96. The van der Waals surface area contributed by atoms with Crippen LogP contribution in [-0.2, 0) is 11.3 Å². The molecule has 1 fully saturated rings. The van der Waals surface area contributed by atoms with Gasteiger partial charge < -0.3 is 4.42 Å². The number of carbonyl (C=O) groups excluding carboxylic acids is 1. The second-order valence-corrected chi connectivity index (χ2v) is 5.02. The highest BCUT2D eigenvalue weighted by molar-refractivity contribution is 7.81. The number of aromatic nitrogens is 2. The maximum Gasteiger partial charge on any atom is 0.229 e. The van der Waals surface area contributed by atoms with Gasteiger partial charge in [-0.2, -0.15) is 17.7 Å². The number of rotatable bonds is 3. The maximum atomic E-state index is 11.9. The minimum atomic E-state index is 0.0937. The Bertz CT molecular complexity index is 549. The van der Waals surface area contributed by atoms with Gasteiger partial charge in [-0.05, 0) is 12.1 Å². The molecule has 0 saturated carbocycles. The normalized spacial score (nSPS) is 19.7. The molecule has 0 bridgehead atoms. The van der Waals surface area contributed by atoms with E-state index in [4.69, 9.17) is 4.42 Å². The van der Waals surface area contributed by atoms with E-state index < -0.39 is 0 Å². The molecule has 1 atom stereocenters. The Morgan fingerprint density at radius 1 is 1.50 bits per heavy atom. The van der Waals surface area contributed by atoms with Crippen molar-refractivity contribution < 1.29 is 9.21 Å². The fourth-order valence-corrected chi connectivity index (χ4v) is 2.46. The van der Waals surface area contributed by atoms with E-state index in [1.165, 1.54) is 0 Å². The predicted molar refractivity (Wildman–Crippen MR) is 69.8 cm³/mol. The molecule has 1 unspecified atom stereocenters. The molecule has 5 nitrogen and oxygen atoms in total. The molecule has 0 spiro atoms. The van der Waals surface area contributed by atoms with Crippen LogP contribution in [0.1, 0.15) is 12.2 Å². The predicted octanol–water partition coefficient (Wildman–Crippen LogP) is 1.56. The smallest absolute Gasteiger partial charge is 0.229 e. The summed E-state index contributed by atoms with van der Waals surface area (Å²) in [4.78, 5) is 13.6. The Labute approximate surface area is 110 Å². The molecule has 94 valence electrons. The first-order valence-electron chi connectivity index (χ1n) is 5.76. The van der Waals surface area contributed by atoms with E-state index >= 15 is 0 Å². The van der Waals surface area contributed by atoms with Crippen LogP contribution in [-0.4, -0.2) is 27.5 Å². The SMILES string of the molecule is O=C1CC(S)CN1c1ccnn1Cc1ccco1. The van der Waals surface area contributed by atoms with Gasteiger partial charge >= 0.3 is 0 Å². The van der Waals surface area contributed by atoms with E-state index in [-0.39, 0.29) is 11.2 Å². The van der Waals surface area contributed by atoms with Gasteiger partial charge in [0.15, 0.2) is 0 Å². The zero-order valence-electron chi connectivity index (χ0n) is 9.69. The molecule has 1 amide bonds. The third-order valence-corrected chi connectivity index (χ3v) is 3.31. The number of thiol groups is 1. The number of amides is 1. The molecule has 2 aromatic rings. The number of hydrogen-bond acceptors (Lipinski definition) is 4. The Balaban J connectivity index is 1.85. The van der Waals surface area contributed by atoms with Crippen molar-refractivity contribution in [2.45, 2.75) is 18.2 Å². The lowest BCUT2D eigenvalue weighted by Gasteiger charge is -2.16. The van der Waals surface area contributed by atoms with Crippen molar-refractivity contribution in [3.8, 4) is 0 Å². The zero-order valence-corrected chi connectivity index (χ0v) is 10.6. The topological polar surface area (TPSA) is 51.3 Å². The Morgan fingerprint density at radius 3 is 3.06 bits per heavy atom. The summed E-state index contributed by atoms with van der Waals surface area (Å²) in [7, 11) is 0. The van der Waals surface area contributed by atoms with Crippen molar-refractivity contribution in [1.29, 1.82) is 0 Å². The molecule has 6 heteroatoms. The summed E-state index contributed by atoms with van der Waals surface area (Å²) >= 11 is 4.35. The van der Waals surface area contributed by atoms with Crippen LogP contribution < -0.4 is 4.90 Å². The van der Waals surface area contributed by atoms with Crippen molar-refractivity contribution in [2.75, 3.05) is 11.4 Å². The minimum Gasteiger partial charge on any atom is -0.467 e. The summed E-state index contributed by atoms with van der Waals surface area (Å²) < 4.78 is 7.06. The molecule has 1 saturated heterocycles. The fraction of sp³-hybridized carbons (Fsp3) is 0.333. The molecular formula is C12H13N3O2S. The molecule has 0 aliphatic carbocycles. The van der Waals surface area contributed by atoms with Crippen LogP contribution in [0.4, 0.5) is 5.82 Å². The van der Waals surface area contributed by atoms with Crippen LogP contribution in [0.15, 0.2) is 35.1 Å². The van der Waals surface area contributed by atoms with E-state index in [9.17, 15) is 4.79 Å². The van der Waals surface area contributed by atoms with Gasteiger partial charge in [-0.3, -0.25) is 9.69 Å². The quantitative estimate of drug-likeness (QED) is 0.855. The van der Waals surface area contributed by atoms with Crippen LogP contribution in [0.25, 0.3) is 0 Å². The molecule has 1 aliphatic rings. The standard InChI is InChI=1S/C12H13N3O2S/c16-12-6-10(18)8-14(12)11-3-4-13-15(11)7-9-2-1-5-17-9/h1-5,10,18H,6-8H2. The highest BCUT2D eigenvalue weighted by Gasteiger charge is 2.30. The summed E-state index contributed by atoms with van der Waals surface area (Å²) in [6.07, 6.45) is 3.80. The average Bonchev–Trinajstić information content (AvgIpc) is 3.02. The van der Waals surface area contributed by atoms with Crippen LogP contribution in [0.5, 0.6) is 0 Å². The van der Waals surface area contributed by atoms with E-state index in [1.54, 1.807) is 22.0 Å². The van der Waals surface area contributed by atoms with Crippen molar-refractivity contribution in [2.24, 2.45) is 0 Å². The number of hydrogen-bond donors (Lipinski definition) is 1. The van der Waals surface area contributed by atoms with Gasteiger partial charge in [0, 0.05) is 24.3 Å². The van der Waals surface area contributed by atoms with Crippen LogP contribution in [0.2, 0.25) is 0 Å². The molecule has 1 aliphatic heterocycles. The zero-order chi connectivity index (χ0) is 12.5. The summed E-state index contributed by atoms with van der Waals surface area (Å²) in [5.74, 6) is 1.71. The molecule has 3 heterocycles. The Hall–Kier alpha value is -1.69. The average molecular weight is 263 g/mol. The van der Waals surface area contributed by atoms with Crippen molar-refractivity contribution in [1.82, 2.24) is 9.78 Å². The second kappa shape index (κ2) is 4.53. The van der Waals surface area contributed by atoms with Gasteiger partial charge in [-0.15, -0.1) is 0 Å². The highest BCUT2D eigenvalue weighted by atomic mass is 32.1. The summed E-state index contributed by atoms with van der Waals surface area (Å²) in [5, 5.41) is 4.33. The Morgan fingerprint density at radius 2 is 2.39 bits per heavy atom. The number of anilines is 1. The van der Waals surface area contributed by atoms with Crippen molar-refractivity contribution >= 4 is 24.4 Å². The molecule has 0 radical (unpaired) electrons. The first-order chi connectivity index (χ1) is 8.74. The summed E-state index contributed by atoms with van der Waals surface area (Å²) in [5.41, 5.74) is 0. The molecule has 0 aromatic carbocycles. The lowest BCUT2D eigenvalue weighted by molar-refractivity contribution is -0.117. The molecule has 18 heavy (non-hydrogen) atoms. The van der Waals surface area contributed by atoms with Gasteiger partial charge in [0.05, 0.1) is 12.5 Å². The van der Waals surface area contributed by atoms with Crippen molar-refractivity contribution in [3.63, 3.8) is 0 Å². The molecular weight excluding hydrogens is 250 g/mol. The van der Waals surface area contributed by atoms with E-state index in [0.717, 1.165) is 11.6 Å². The number of nitrogens with zero attached hydrogens (tertiary/aromatic N) is 3. The van der Waals surface area contributed by atoms with Crippen LogP contribution in [0, 0.1) is 0 Å². The molecule has 3 rings (SSSR count). The van der Waals surface area contributed by atoms with E-state index in [2.05, 4.69) is 17.7 Å². The molecule has 2 aromatic heterocycles. The first-order valence-corrected chi connectivity index (χ1v) is 6.28. The van der Waals surface area contributed by atoms with Gasteiger partial charge in [0.2, 0.25) is 5.91 Å². The highest BCUT2D eigenvalue weighted by Crippen LogP contribution is 2.24. The third kappa shape index (κ3) is 2.03. The second-order valence-electron chi connectivity index (χ2n) is 4.29. The van der Waals surface area contributed by atoms with Crippen LogP contribution >= 0.6 is 12.6 Å². The molecule has 0 N–H and O–H groups in total. The monoisotopic (exact) mass is 263 g/mol. The number of carbonyl (C=O) groups is 1. The van der Waals surface area contributed by atoms with Gasteiger partial charge in [0.25, 0.3) is 0 Å². The maximum absolute atomic E-state index is 11.9. The number of furan rings is 1.